The molecule has 26 heavy (non-hydrogen) atoms. The minimum atomic E-state index is -0.109. The highest BCUT2D eigenvalue weighted by Crippen LogP contribution is 2.34. The van der Waals surface area contributed by atoms with Crippen LogP contribution in [0.15, 0.2) is 54.9 Å². The molecule has 1 saturated heterocycles. The molecule has 1 aliphatic heterocycles. The van der Waals surface area contributed by atoms with Gasteiger partial charge in [0, 0.05) is 29.4 Å². The molecule has 4 nitrogen and oxygen atoms in total. The number of ether oxygens (including phenoxy) is 1. The van der Waals surface area contributed by atoms with Crippen molar-refractivity contribution in [1.29, 1.82) is 0 Å². The molecule has 0 unspecified atom stereocenters. The molecule has 6 heteroatoms. The highest BCUT2D eigenvalue weighted by Gasteiger charge is 2.31. The first kappa shape index (κ1) is 17.3. The van der Waals surface area contributed by atoms with Gasteiger partial charge in [-0.1, -0.05) is 41.9 Å². The number of morpholine rings is 1. The van der Waals surface area contributed by atoms with Crippen LogP contribution in [0.4, 0.5) is 0 Å². The highest BCUT2D eigenvalue weighted by atomic mass is 35.5. The van der Waals surface area contributed by atoms with Crippen molar-refractivity contribution >= 4 is 28.8 Å². The summed E-state index contributed by atoms with van der Waals surface area (Å²) in [4.78, 5) is 19.1. The first-order valence-corrected chi connectivity index (χ1v) is 9.73. The Labute approximate surface area is 161 Å². The van der Waals surface area contributed by atoms with Crippen molar-refractivity contribution in [3.8, 4) is 10.4 Å². The second-order valence-electron chi connectivity index (χ2n) is 6.44. The van der Waals surface area contributed by atoms with Crippen LogP contribution in [-0.2, 0) is 4.74 Å². The number of rotatable bonds is 3. The summed E-state index contributed by atoms with van der Waals surface area (Å²) in [5.41, 5.74) is 2.66. The summed E-state index contributed by atoms with van der Waals surface area (Å²) in [7, 11) is 0. The molecule has 0 spiro atoms. The molecule has 2 aromatic heterocycles. The Morgan fingerprint density at radius 3 is 2.73 bits per heavy atom. The topological polar surface area (TPSA) is 45.3 Å². The number of nitrogens with zero attached hydrogens (tertiary/aromatic N) is 1. The summed E-state index contributed by atoms with van der Waals surface area (Å²) in [5, 5.41) is 0. The lowest BCUT2D eigenvalue weighted by molar-refractivity contribution is -0.0691. The number of benzene rings is 1. The normalized spacial score (nSPS) is 20.3. The van der Waals surface area contributed by atoms with E-state index in [1.54, 1.807) is 6.20 Å². The number of carbonyl (C=O) groups is 1. The molecule has 0 bridgehead atoms. The molecule has 0 aliphatic carbocycles. The molecule has 4 rings (SSSR count). The third kappa shape index (κ3) is 3.43. The van der Waals surface area contributed by atoms with Gasteiger partial charge in [0.15, 0.2) is 0 Å². The fourth-order valence-electron chi connectivity index (χ4n) is 3.34. The van der Waals surface area contributed by atoms with Gasteiger partial charge in [-0.25, -0.2) is 0 Å². The van der Waals surface area contributed by atoms with Crippen LogP contribution in [0.3, 0.4) is 0 Å². The van der Waals surface area contributed by atoms with Gasteiger partial charge in [-0.2, -0.15) is 0 Å². The number of hydrogen-bond donors (Lipinski definition) is 1. The Hall–Kier alpha value is -2.08. The third-order valence-corrected chi connectivity index (χ3v) is 5.80. The van der Waals surface area contributed by atoms with Gasteiger partial charge in [0.1, 0.15) is 6.10 Å². The maximum Gasteiger partial charge on any atom is 0.256 e. The van der Waals surface area contributed by atoms with Crippen LogP contribution in [0, 0.1) is 0 Å². The van der Waals surface area contributed by atoms with Crippen LogP contribution in [-0.4, -0.2) is 35.0 Å². The number of H-pyrrole nitrogens is 1. The van der Waals surface area contributed by atoms with Crippen LogP contribution in [0.25, 0.3) is 10.4 Å². The van der Waals surface area contributed by atoms with Crippen LogP contribution >= 0.6 is 22.9 Å². The molecule has 3 aromatic rings. The number of halogens is 1. The fraction of sp³-hybridized carbons (Fsp3) is 0.250. The van der Waals surface area contributed by atoms with E-state index in [1.807, 2.05) is 60.5 Å². The SMILES string of the molecule is C[C@H]1CN(C(=O)c2c[nH]cc2-c2ccc(Cl)s2)C[C@@H](c2ccccc2)O1. The zero-order chi connectivity index (χ0) is 18.1. The Bertz CT molecular complexity index is 905. The second-order valence-corrected chi connectivity index (χ2v) is 8.16. The summed E-state index contributed by atoms with van der Waals surface area (Å²) in [5.74, 6) is 0.0156. The standard InChI is InChI=1S/C20H19ClN2O2S/c1-13-11-23(12-17(25-13)14-5-3-2-4-6-14)20(24)16-10-22-9-15(16)18-7-8-19(21)26-18/h2-10,13,17,22H,11-12H2,1H3/t13-,17-/m0/s1. The monoisotopic (exact) mass is 386 g/mol. The van der Waals surface area contributed by atoms with Gasteiger partial charge in [0.05, 0.1) is 22.5 Å². The summed E-state index contributed by atoms with van der Waals surface area (Å²) < 4.78 is 6.78. The van der Waals surface area contributed by atoms with Gasteiger partial charge in [0.25, 0.3) is 5.91 Å². The lowest BCUT2D eigenvalue weighted by Crippen LogP contribution is -2.46. The summed E-state index contributed by atoms with van der Waals surface area (Å²) in [6, 6.07) is 13.9. The van der Waals surface area contributed by atoms with Crippen LogP contribution in [0.1, 0.15) is 28.9 Å². The van der Waals surface area contributed by atoms with Gasteiger partial charge in [-0.3, -0.25) is 4.79 Å². The molecule has 1 aliphatic rings. The minimum absolute atomic E-state index is 0.0156. The average Bonchev–Trinajstić information content (AvgIpc) is 3.30. The van der Waals surface area contributed by atoms with E-state index in [2.05, 4.69) is 4.98 Å². The van der Waals surface area contributed by atoms with Crippen molar-refractivity contribution < 1.29 is 9.53 Å². The number of amides is 1. The molecule has 1 amide bonds. The molecule has 134 valence electrons. The molecule has 0 saturated carbocycles. The van der Waals surface area contributed by atoms with E-state index in [1.165, 1.54) is 11.3 Å². The van der Waals surface area contributed by atoms with Gasteiger partial charge in [-0.05, 0) is 24.6 Å². The predicted octanol–water partition coefficient (Wildman–Crippen LogP) is 5.00. The van der Waals surface area contributed by atoms with Crippen molar-refractivity contribution in [1.82, 2.24) is 9.88 Å². The van der Waals surface area contributed by atoms with Crippen molar-refractivity contribution in [3.05, 3.63) is 70.3 Å². The van der Waals surface area contributed by atoms with E-state index in [0.29, 0.717) is 23.0 Å². The van der Waals surface area contributed by atoms with Crippen molar-refractivity contribution in [2.45, 2.75) is 19.1 Å². The third-order valence-electron chi connectivity index (χ3n) is 4.53. The second kappa shape index (κ2) is 7.27. The first-order valence-electron chi connectivity index (χ1n) is 8.54. The molecule has 3 heterocycles. The lowest BCUT2D eigenvalue weighted by atomic mass is 10.1. The zero-order valence-electron chi connectivity index (χ0n) is 14.3. The summed E-state index contributed by atoms with van der Waals surface area (Å²) >= 11 is 7.53. The van der Waals surface area contributed by atoms with Crippen LogP contribution < -0.4 is 0 Å². The first-order chi connectivity index (χ1) is 12.6. The molecular formula is C20H19ClN2O2S. The Kier molecular flexibility index (Phi) is 4.85. The number of thiophene rings is 1. The predicted molar refractivity (Wildman–Crippen MR) is 105 cm³/mol. The average molecular weight is 387 g/mol. The van der Waals surface area contributed by atoms with Crippen molar-refractivity contribution in [2.24, 2.45) is 0 Å². The smallest absolute Gasteiger partial charge is 0.256 e. The molecule has 1 fully saturated rings. The molecule has 1 N–H and O–H groups in total. The van der Waals surface area contributed by atoms with E-state index < -0.39 is 0 Å². The number of carbonyl (C=O) groups excluding carboxylic acids is 1. The van der Waals surface area contributed by atoms with Gasteiger partial charge < -0.3 is 14.6 Å². The van der Waals surface area contributed by atoms with Crippen molar-refractivity contribution in [2.75, 3.05) is 13.1 Å². The molecule has 1 aromatic carbocycles. The molecule has 0 radical (unpaired) electrons. The maximum absolute atomic E-state index is 13.2. The van der Waals surface area contributed by atoms with Crippen LogP contribution in [0.2, 0.25) is 4.34 Å². The Morgan fingerprint density at radius 1 is 1.19 bits per heavy atom. The Balaban J connectivity index is 1.59. The van der Waals surface area contributed by atoms with E-state index in [4.69, 9.17) is 16.3 Å². The highest BCUT2D eigenvalue weighted by molar-refractivity contribution is 7.19. The molecule has 2 atom stereocenters. The number of hydrogen-bond acceptors (Lipinski definition) is 3. The van der Waals surface area contributed by atoms with Crippen LogP contribution in [0.5, 0.6) is 0 Å². The summed E-state index contributed by atoms with van der Waals surface area (Å²) in [6.07, 6.45) is 3.50. The van der Waals surface area contributed by atoms with E-state index in [9.17, 15) is 4.79 Å². The lowest BCUT2D eigenvalue weighted by Gasteiger charge is -2.37. The van der Waals surface area contributed by atoms with E-state index >= 15 is 0 Å². The van der Waals surface area contributed by atoms with E-state index in [0.717, 1.165) is 16.0 Å². The Morgan fingerprint density at radius 2 is 2.00 bits per heavy atom. The van der Waals surface area contributed by atoms with Gasteiger partial charge in [-0.15, -0.1) is 11.3 Å². The zero-order valence-corrected chi connectivity index (χ0v) is 15.9. The number of nitrogens with one attached hydrogen (secondary N) is 1. The maximum atomic E-state index is 13.2. The largest absolute Gasteiger partial charge is 0.367 e. The van der Waals surface area contributed by atoms with E-state index in [-0.39, 0.29) is 18.1 Å². The number of aromatic nitrogens is 1. The van der Waals surface area contributed by atoms with Crippen molar-refractivity contribution in [3.63, 3.8) is 0 Å². The van der Waals surface area contributed by atoms with Gasteiger partial charge in [0.2, 0.25) is 0 Å². The fourth-order valence-corrected chi connectivity index (χ4v) is 4.42. The minimum Gasteiger partial charge on any atom is -0.367 e. The van der Waals surface area contributed by atoms with Gasteiger partial charge >= 0.3 is 0 Å². The summed E-state index contributed by atoms with van der Waals surface area (Å²) in [6.45, 7) is 3.13. The molecular weight excluding hydrogens is 368 g/mol. The number of aromatic amines is 1. The quantitative estimate of drug-likeness (QED) is 0.688.